The minimum absolute atomic E-state index is 0.133. The first kappa shape index (κ1) is 13.7. The van der Waals surface area contributed by atoms with Gasteiger partial charge in [-0.3, -0.25) is 0 Å². The number of hydrogen-bond acceptors (Lipinski definition) is 1. The van der Waals surface area contributed by atoms with Crippen LogP contribution < -0.4 is 5.30 Å². The molecule has 0 amide bonds. The van der Waals surface area contributed by atoms with Gasteiger partial charge in [0, 0.05) is 6.61 Å². The smallest absolute Gasteiger partial charge is 0.0508 e. The Morgan fingerprint density at radius 1 is 1.12 bits per heavy atom. The first-order valence-electron chi connectivity index (χ1n) is 5.96. The molecular formula is C14H23OP. The molecule has 0 aliphatic rings. The quantitative estimate of drug-likeness (QED) is 0.562. The summed E-state index contributed by atoms with van der Waals surface area (Å²) in [7, 11) is -0.133. The highest BCUT2D eigenvalue weighted by molar-refractivity contribution is 7.67. The molecule has 1 unspecified atom stereocenters. The van der Waals surface area contributed by atoms with Gasteiger partial charge >= 0.3 is 0 Å². The van der Waals surface area contributed by atoms with Crippen LogP contribution in [-0.4, -0.2) is 24.5 Å². The summed E-state index contributed by atoms with van der Waals surface area (Å²) < 4.78 is 5.50. The molecule has 0 heterocycles. The second kappa shape index (κ2) is 6.37. The van der Waals surface area contributed by atoms with E-state index in [0.717, 1.165) is 19.4 Å². The van der Waals surface area contributed by atoms with E-state index in [4.69, 9.17) is 4.74 Å². The van der Waals surface area contributed by atoms with Gasteiger partial charge in [0.1, 0.15) is 0 Å². The predicted octanol–water partition coefficient (Wildman–Crippen LogP) is 3.63. The van der Waals surface area contributed by atoms with E-state index in [1.807, 2.05) is 0 Å². The fraction of sp³-hybridized carbons (Fsp3) is 0.571. The molecule has 16 heavy (non-hydrogen) atoms. The Hall–Kier alpha value is -0.390. The largest absolute Gasteiger partial charge is 0.381 e. The van der Waals surface area contributed by atoms with E-state index in [9.17, 15) is 0 Å². The van der Waals surface area contributed by atoms with E-state index in [-0.39, 0.29) is 7.92 Å². The highest BCUT2D eigenvalue weighted by atomic mass is 31.1. The van der Waals surface area contributed by atoms with E-state index in [0.29, 0.717) is 5.16 Å². The van der Waals surface area contributed by atoms with Crippen LogP contribution in [0.3, 0.4) is 0 Å². The molecule has 0 aromatic heterocycles. The Morgan fingerprint density at radius 2 is 1.75 bits per heavy atom. The van der Waals surface area contributed by atoms with E-state index < -0.39 is 0 Å². The molecule has 0 aliphatic heterocycles. The molecule has 0 saturated heterocycles. The van der Waals surface area contributed by atoms with E-state index in [1.54, 1.807) is 0 Å². The maximum atomic E-state index is 5.50. The van der Waals surface area contributed by atoms with Gasteiger partial charge in [0.05, 0.1) is 6.61 Å². The second-order valence-corrected chi connectivity index (χ2v) is 8.02. The van der Waals surface area contributed by atoms with Crippen LogP contribution in [0, 0.1) is 0 Å². The fourth-order valence-corrected chi connectivity index (χ4v) is 4.31. The minimum atomic E-state index is -0.133. The summed E-state index contributed by atoms with van der Waals surface area (Å²) in [5.74, 6) is 0. The van der Waals surface area contributed by atoms with Crippen molar-refractivity contribution in [1.29, 1.82) is 0 Å². The zero-order chi connectivity index (χ0) is 12.0. The summed E-state index contributed by atoms with van der Waals surface area (Å²) in [6.45, 7) is 10.8. The highest BCUT2D eigenvalue weighted by Gasteiger charge is 2.24. The average Bonchev–Trinajstić information content (AvgIpc) is 2.24. The molecule has 0 spiro atoms. The Kier molecular flexibility index (Phi) is 5.44. The molecule has 90 valence electrons. The normalized spacial score (nSPS) is 13.8. The number of hydrogen-bond donors (Lipinski definition) is 0. The van der Waals surface area contributed by atoms with Gasteiger partial charge in [-0.15, -0.1) is 0 Å². The highest BCUT2D eigenvalue weighted by Crippen LogP contribution is 2.47. The molecule has 0 radical (unpaired) electrons. The van der Waals surface area contributed by atoms with Crippen molar-refractivity contribution in [2.45, 2.75) is 32.9 Å². The van der Waals surface area contributed by atoms with Crippen molar-refractivity contribution < 1.29 is 4.74 Å². The molecule has 1 aromatic rings. The summed E-state index contributed by atoms with van der Waals surface area (Å²) in [6.07, 6.45) is 1.16. The molecule has 0 aliphatic carbocycles. The van der Waals surface area contributed by atoms with Crippen molar-refractivity contribution >= 4 is 13.2 Å². The molecular weight excluding hydrogens is 215 g/mol. The molecule has 0 N–H and O–H groups in total. The molecule has 1 nitrogen and oxygen atoms in total. The number of rotatable bonds is 5. The number of ether oxygens (including phenoxy) is 1. The summed E-state index contributed by atoms with van der Waals surface area (Å²) in [5.41, 5.74) is 0. The van der Waals surface area contributed by atoms with Gasteiger partial charge in [0.15, 0.2) is 0 Å². The third-order valence-corrected chi connectivity index (χ3v) is 5.71. The molecule has 1 aromatic carbocycles. The Morgan fingerprint density at radius 3 is 2.25 bits per heavy atom. The average molecular weight is 238 g/mol. The van der Waals surface area contributed by atoms with Crippen LogP contribution in [0.15, 0.2) is 30.3 Å². The minimum Gasteiger partial charge on any atom is -0.381 e. The maximum absolute atomic E-state index is 5.50. The lowest BCUT2D eigenvalue weighted by atomic mass is 10.3. The lowest BCUT2D eigenvalue weighted by molar-refractivity contribution is 0.164. The van der Waals surface area contributed by atoms with Crippen molar-refractivity contribution in [2.24, 2.45) is 0 Å². The van der Waals surface area contributed by atoms with Crippen molar-refractivity contribution in [3.63, 3.8) is 0 Å². The predicted molar refractivity (Wildman–Crippen MR) is 74.1 cm³/mol. The fourth-order valence-electron chi connectivity index (χ4n) is 1.76. The maximum Gasteiger partial charge on any atom is 0.0508 e. The molecule has 0 fully saturated rings. The molecule has 1 rings (SSSR count). The van der Waals surface area contributed by atoms with Crippen LogP contribution >= 0.6 is 7.92 Å². The van der Waals surface area contributed by atoms with E-state index in [2.05, 4.69) is 58.0 Å². The first-order valence-corrected chi connectivity index (χ1v) is 7.49. The lowest BCUT2D eigenvalue weighted by Gasteiger charge is -2.31. The summed E-state index contributed by atoms with van der Waals surface area (Å²) in [5, 5.41) is 1.85. The summed E-state index contributed by atoms with van der Waals surface area (Å²) in [6, 6.07) is 10.9. The second-order valence-electron chi connectivity index (χ2n) is 4.85. The standard InChI is InChI=1S/C14H23OP/c1-5-15-11-12-16(14(2,3)4)13-9-7-6-8-10-13/h6-10H,5,11-12H2,1-4H3. The van der Waals surface area contributed by atoms with Crippen molar-refractivity contribution in [2.75, 3.05) is 19.4 Å². The third-order valence-electron chi connectivity index (χ3n) is 2.54. The monoisotopic (exact) mass is 238 g/mol. The number of benzene rings is 1. The molecule has 0 bridgehead atoms. The van der Waals surface area contributed by atoms with E-state index >= 15 is 0 Å². The van der Waals surface area contributed by atoms with Crippen LogP contribution in [0.25, 0.3) is 0 Å². The Balaban J connectivity index is 2.73. The van der Waals surface area contributed by atoms with Crippen LogP contribution in [0.2, 0.25) is 0 Å². The lowest BCUT2D eigenvalue weighted by Crippen LogP contribution is -2.22. The topological polar surface area (TPSA) is 9.23 Å². The zero-order valence-electron chi connectivity index (χ0n) is 10.9. The molecule has 2 heteroatoms. The summed E-state index contributed by atoms with van der Waals surface area (Å²) in [4.78, 5) is 0. The summed E-state index contributed by atoms with van der Waals surface area (Å²) >= 11 is 0. The van der Waals surface area contributed by atoms with Crippen LogP contribution in [-0.2, 0) is 4.74 Å². The van der Waals surface area contributed by atoms with Crippen molar-refractivity contribution in [3.8, 4) is 0 Å². The van der Waals surface area contributed by atoms with Gasteiger partial charge in [0.25, 0.3) is 0 Å². The molecule has 0 saturated carbocycles. The Bertz CT molecular complexity index is 289. The van der Waals surface area contributed by atoms with E-state index in [1.165, 1.54) is 5.30 Å². The van der Waals surface area contributed by atoms with Crippen LogP contribution in [0.1, 0.15) is 27.7 Å². The first-order chi connectivity index (χ1) is 7.55. The zero-order valence-corrected chi connectivity index (χ0v) is 11.8. The van der Waals surface area contributed by atoms with Crippen LogP contribution in [0.5, 0.6) is 0 Å². The van der Waals surface area contributed by atoms with Gasteiger partial charge in [-0.2, -0.15) is 0 Å². The SMILES string of the molecule is CCOCCP(c1ccccc1)C(C)(C)C. The Labute approximate surface area is 101 Å². The third kappa shape index (κ3) is 4.23. The van der Waals surface area contributed by atoms with Crippen molar-refractivity contribution in [3.05, 3.63) is 30.3 Å². The van der Waals surface area contributed by atoms with Gasteiger partial charge in [-0.25, -0.2) is 0 Å². The molecule has 1 atom stereocenters. The van der Waals surface area contributed by atoms with Gasteiger partial charge in [-0.1, -0.05) is 59.0 Å². The van der Waals surface area contributed by atoms with Crippen molar-refractivity contribution in [1.82, 2.24) is 0 Å². The van der Waals surface area contributed by atoms with Gasteiger partial charge in [-0.05, 0) is 23.5 Å². The van der Waals surface area contributed by atoms with Crippen LogP contribution in [0.4, 0.5) is 0 Å². The van der Waals surface area contributed by atoms with Gasteiger partial charge in [0.2, 0.25) is 0 Å². The van der Waals surface area contributed by atoms with Gasteiger partial charge < -0.3 is 4.74 Å².